The summed E-state index contributed by atoms with van der Waals surface area (Å²) in [6.45, 7) is 1.39. The second kappa shape index (κ2) is 5.80. The third-order valence-corrected chi connectivity index (χ3v) is 2.22. The predicted octanol–water partition coefficient (Wildman–Crippen LogP) is 0.519. The zero-order valence-electron chi connectivity index (χ0n) is 9.94. The van der Waals surface area contributed by atoms with E-state index >= 15 is 0 Å². The predicted molar refractivity (Wildman–Crippen MR) is 64.2 cm³/mol. The van der Waals surface area contributed by atoms with Gasteiger partial charge in [0.2, 0.25) is 5.91 Å². The van der Waals surface area contributed by atoms with Crippen LogP contribution in [0.4, 0.5) is 14.9 Å². The minimum absolute atomic E-state index is 0.0990. The molecule has 1 aromatic carbocycles. The van der Waals surface area contributed by atoms with Crippen LogP contribution in [0.2, 0.25) is 0 Å². The average Bonchev–Trinajstić information content (AvgIpc) is 2.30. The Morgan fingerprint density at radius 2 is 2.00 bits per heavy atom. The number of carbonyl (C=O) groups excluding carboxylic acids is 2. The van der Waals surface area contributed by atoms with Crippen molar-refractivity contribution in [3.8, 4) is 0 Å². The molecule has 0 aliphatic rings. The topological polar surface area (TPSA) is 122 Å². The van der Waals surface area contributed by atoms with Crippen LogP contribution in [-0.4, -0.2) is 29.1 Å². The molecule has 19 heavy (non-hydrogen) atoms. The van der Waals surface area contributed by atoms with E-state index in [0.717, 1.165) is 12.1 Å². The Morgan fingerprint density at radius 1 is 1.37 bits per heavy atom. The molecule has 1 unspecified atom stereocenters. The molecule has 1 rings (SSSR count). The highest BCUT2D eigenvalue weighted by Gasteiger charge is 2.16. The molecule has 1 atom stereocenters. The molecule has 0 aliphatic carbocycles. The molecule has 0 fully saturated rings. The largest absolute Gasteiger partial charge is 0.478 e. The quantitative estimate of drug-likeness (QED) is 0.636. The number of urea groups is 1. The molecule has 0 spiro atoms. The number of hydrogen-bond acceptors (Lipinski definition) is 3. The first-order valence-corrected chi connectivity index (χ1v) is 5.21. The van der Waals surface area contributed by atoms with Gasteiger partial charge in [0.25, 0.3) is 0 Å². The summed E-state index contributed by atoms with van der Waals surface area (Å²) < 4.78 is 13.1. The fourth-order valence-electron chi connectivity index (χ4n) is 1.30. The Kier molecular flexibility index (Phi) is 4.41. The summed E-state index contributed by atoms with van der Waals surface area (Å²) in [4.78, 5) is 32.9. The van der Waals surface area contributed by atoms with Crippen LogP contribution in [0, 0.1) is 5.82 Å². The lowest BCUT2D eigenvalue weighted by Gasteiger charge is -2.12. The number of primary amides is 1. The minimum Gasteiger partial charge on any atom is -0.478 e. The number of rotatable bonds is 4. The SMILES string of the molecule is CC(NC(N)=O)C(=O)Nc1ccc(F)c(C(=O)O)c1. The Labute approximate surface area is 107 Å². The maximum Gasteiger partial charge on any atom is 0.338 e. The lowest BCUT2D eigenvalue weighted by Crippen LogP contribution is -2.44. The van der Waals surface area contributed by atoms with E-state index in [1.165, 1.54) is 13.0 Å². The van der Waals surface area contributed by atoms with E-state index in [0.29, 0.717) is 0 Å². The van der Waals surface area contributed by atoms with Gasteiger partial charge in [0.15, 0.2) is 0 Å². The fraction of sp³-hybridized carbons (Fsp3) is 0.182. The van der Waals surface area contributed by atoms with Gasteiger partial charge in [-0.3, -0.25) is 4.79 Å². The molecule has 1 aromatic rings. The number of aromatic carboxylic acids is 1. The van der Waals surface area contributed by atoms with Crippen LogP contribution in [0.5, 0.6) is 0 Å². The van der Waals surface area contributed by atoms with Gasteiger partial charge in [-0.15, -0.1) is 0 Å². The van der Waals surface area contributed by atoms with Gasteiger partial charge in [-0.2, -0.15) is 0 Å². The van der Waals surface area contributed by atoms with E-state index in [2.05, 4.69) is 10.6 Å². The molecule has 7 nitrogen and oxygen atoms in total. The molecule has 0 heterocycles. The van der Waals surface area contributed by atoms with Crippen molar-refractivity contribution in [1.29, 1.82) is 0 Å². The third-order valence-electron chi connectivity index (χ3n) is 2.22. The Balaban J connectivity index is 2.83. The molecule has 0 aromatic heterocycles. The summed E-state index contributed by atoms with van der Waals surface area (Å²) in [6.07, 6.45) is 0. The highest BCUT2D eigenvalue weighted by Crippen LogP contribution is 2.15. The number of anilines is 1. The summed E-state index contributed by atoms with van der Waals surface area (Å²) in [5.41, 5.74) is 4.39. The number of amides is 3. The van der Waals surface area contributed by atoms with Gasteiger partial charge in [-0.1, -0.05) is 0 Å². The van der Waals surface area contributed by atoms with Gasteiger partial charge in [0.1, 0.15) is 11.9 Å². The first kappa shape index (κ1) is 14.4. The van der Waals surface area contributed by atoms with Crippen LogP contribution in [0.25, 0.3) is 0 Å². The van der Waals surface area contributed by atoms with E-state index in [-0.39, 0.29) is 5.69 Å². The van der Waals surface area contributed by atoms with Crippen LogP contribution in [0.3, 0.4) is 0 Å². The lowest BCUT2D eigenvalue weighted by atomic mass is 10.2. The van der Waals surface area contributed by atoms with Crippen molar-refractivity contribution >= 4 is 23.6 Å². The van der Waals surface area contributed by atoms with Gasteiger partial charge in [-0.05, 0) is 25.1 Å². The number of nitrogens with one attached hydrogen (secondary N) is 2. The smallest absolute Gasteiger partial charge is 0.338 e. The number of benzene rings is 1. The molecule has 0 bridgehead atoms. The van der Waals surface area contributed by atoms with E-state index in [1.807, 2.05) is 0 Å². The number of hydrogen-bond donors (Lipinski definition) is 4. The molecular formula is C11H12FN3O4. The summed E-state index contributed by atoms with van der Waals surface area (Å²) in [5.74, 6) is -2.97. The van der Waals surface area contributed by atoms with Crippen LogP contribution < -0.4 is 16.4 Å². The summed E-state index contributed by atoms with van der Waals surface area (Å²) in [7, 11) is 0. The zero-order valence-corrected chi connectivity index (χ0v) is 9.94. The second-order valence-electron chi connectivity index (χ2n) is 3.72. The van der Waals surface area contributed by atoms with Crippen LogP contribution in [-0.2, 0) is 4.79 Å². The molecule has 0 aliphatic heterocycles. The zero-order chi connectivity index (χ0) is 14.6. The second-order valence-corrected chi connectivity index (χ2v) is 3.72. The molecule has 0 saturated heterocycles. The molecule has 5 N–H and O–H groups in total. The highest BCUT2D eigenvalue weighted by molar-refractivity contribution is 5.97. The molecule has 0 saturated carbocycles. The van der Waals surface area contributed by atoms with Crippen molar-refractivity contribution in [2.24, 2.45) is 5.73 Å². The van der Waals surface area contributed by atoms with Crippen LogP contribution >= 0.6 is 0 Å². The van der Waals surface area contributed by atoms with Crippen LogP contribution in [0.1, 0.15) is 17.3 Å². The molecule has 0 radical (unpaired) electrons. The Bertz CT molecular complexity index is 533. The van der Waals surface area contributed by atoms with Crippen molar-refractivity contribution in [1.82, 2.24) is 5.32 Å². The first-order chi connectivity index (χ1) is 8.81. The van der Waals surface area contributed by atoms with Gasteiger partial charge >= 0.3 is 12.0 Å². The molecule has 8 heteroatoms. The maximum absolute atomic E-state index is 13.1. The van der Waals surface area contributed by atoms with Gasteiger partial charge in [0, 0.05) is 5.69 Å². The normalized spacial score (nSPS) is 11.5. The number of halogens is 1. The minimum atomic E-state index is -1.45. The number of carboxylic acids is 1. The van der Waals surface area contributed by atoms with E-state index in [4.69, 9.17) is 10.8 Å². The van der Waals surface area contributed by atoms with E-state index < -0.39 is 35.3 Å². The van der Waals surface area contributed by atoms with Crippen molar-refractivity contribution in [2.75, 3.05) is 5.32 Å². The number of carboxylic acid groups (broad SMARTS) is 1. The average molecular weight is 269 g/mol. The van der Waals surface area contributed by atoms with Crippen molar-refractivity contribution < 1.29 is 23.9 Å². The first-order valence-electron chi connectivity index (χ1n) is 5.21. The Hall–Kier alpha value is -2.64. The maximum atomic E-state index is 13.1. The van der Waals surface area contributed by atoms with Crippen LogP contribution in [0.15, 0.2) is 18.2 Å². The Morgan fingerprint density at radius 3 is 2.53 bits per heavy atom. The monoisotopic (exact) mass is 269 g/mol. The molecular weight excluding hydrogens is 257 g/mol. The lowest BCUT2D eigenvalue weighted by molar-refractivity contribution is -0.117. The number of carbonyl (C=O) groups is 3. The summed E-state index contributed by atoms with van der Waals surface area (Å²) >= 11 is 0. The molecule has 3 amide bonds. The van der Waals surface area contributed by atoms with E-state index in [1.54, 1.807) is 0 Å². The third kappa shape index (κ3) is 3.95. The van der Waals surface area contributed by atoms with E-state index in [9.17, 15) is 18.8 Å². The standard InChI is InChI=1S/C11H12FN3O4/c1-5(14-11(13)19)9(16)15-6-2-3-8(12)7(4-6)10(17)18/h2-5H,1H3,(H,15,16)(H,17,18)(H3,13,14,19). The van der Waals surface area contributed by atoms with Crippen molar-refractivity contribution in [3.05, 3.63) is 29.6 Å². The summed E-state index contributed by atoms with van der Waals surface area (Å²) in [6, 6.07) is 1.33. The van der Waals surface area contributed by atoms with Crippen molar-refractivity contribution in [3.63, 3.8) is 0 Å². The highest BCUT2D eigenvalue weighted by atomic mass is 19.1. The molecule has 102 valence electrons. The van der Waals surface area contributed by atoms with Crippen molar-refractivity contribution in [2.45, 2.75) is 13.0 Å². The van der Waals surface area contributed by atoms with Gasteiger partial charge in [0.05, 0.1) is 5.56 Å². The fourth-order valence-corrected chi connectivity index (χ4v) is 1.30. The summed E-state index contributed by atoms with van der Waals surface area (Å²) in [5, 5.41) is 13.2. The van der Waals surface area contributed by atoms with Gasteiger partial charge in [-0.25, -0.2) is 14.0 Å². The number of nitrogens with two attached hydrogens (primary N) is 1. The van der Waals surface area contributed by atoms with Gasteiger partial charge < -0.3 is 21.5 Å².